The van der Waals surface area contributed by atoms with Crippen molar-refractivity contribution in [1.29, 1.82) is 0 Å². The number of phenols is 1. The largest absolute Gasteiger partial charge is 0.508 e. The number of phenolic OH excluding ortho intramolecular Hbond substituents is 1. The molecule has 1 unspecified atom stereocenters. The third kappa shape index (κ3) is 8.58. The summed E-state index contributed by atoms with van der Waals surface area (Å²) in [5, 5.41) is 9.40. The number of unbranched alkanes of at least 4 members (excludes halogenated alkanes) is 1. The van der Waals surface area contributed by atoms with E-state index in [0.717, 1.165) is 19.3 Å². The molecule has 1 rings (SSSR count). The molecule has 0 spiro atoms. The standard InChI is InChI=1S/C24H42O2/c1-5-8-19-24(17-6-2,18-7-3)20-9-10-23(26-4)16-13-21-11-14-22(25)15-12-21/h11-12,14-15,23,25H,5-10,13,16-20H2,1-4H3. The molecule has 2 nitrogen and oxygen atoms in total. The Balaban J connectivity index is 2.49. The summed E-state index contributed by atoms with van der Waals surface area (Å²) in [6.45, 7) is 6.99. The van der Waals surface area contributed by atoms with Crippen LogP contribution in [0.4, 0.5) is 0 Å². The maximum absolute atomic E-state index is 9.40. The molecule has 0 saturated carbocycles. The minimum Gasteiger partial charge on any atom is -0.508 e. The zero-order chi connectivity index (χ0) is 19.3. The smallest absolute Gasteiger partial charge is 0.115 e. The van der Waals surface area contributed by atoms with Crippen LogP contribution in [0.1, 0.15) is 97.0 Å². The lowest BCUT2D eigenvalue weighted by atomic mass is 9.71. The molecule has 0 saturated heterocycles. The summed E-state index contributed by atoms with van der Waals surface area (Å²) in [5.41, 5.74) is 1.84. The number of hydrogen-bond acceptors (Lipinski definition) is 2. The Morgan fingerprint density at radius 3 is 2.00 bits per heavy atom. The summed E-state index contributed by atoms with van der Waals surface area (Å²) in [6, 6.07) is 7.57. The monoisotopic (exact) mass is 362 g/mol. The van der Waals surface area contributed by atoms with E-state index in [2.05, 4.69) is 20.8 Å². The highest BCUT2D eigenvalue weighted by Gasteiger charge is 2.27. The second-order valence-corrected chi connectivity index (χ2v) is 8.06. The minimum absolute atomic E-state index is 0.340. The lowest BCUT2D eigenvalue weighted by Crippen LogP contribution is -2.22. The number of benzene rings is 1. The number of methoxy groups -OCH3 is 1. The first-order valence-electron chi connectivity index (χ1n) is 10.9. The van der Waals surface area contributed by atoms with Crippen molar-refractivity contribution in [2.24, 2.45) is 5.41 Å². The van der Waals surface area contributed by atoms with Gasteiger partial charge >= 0.3 is 0 Å². The minimum atomic E-state index is 0.340. The molecule has 0 amide bonds. The number of rotatable bonds is 15. The van der Waals surface area contributed by atoms with Crippen molar-refractivity contribution in [3.63, 3.8) is 0 Å². The van der Waals surface area contributed by atoms with Gasteiger partial charge < -0.3 is 9.84 Å². The number of aryl methyl sites for hydroxylation is 1. The Hall–Kier alpha value is -1.02. The molecule has 150 valence electrons. The quantitative estimate of drug-likeness (QED) is 0.355. The van der Waals surface area contributed by atoms with Crippen LogP contribution in [-0.2, 0) is 11.2 Å². The fourth-order valence-electron chi connectivity index (χ4n) is 4.44. The van der Waals surface area contributed by atoms with Crippen LogP contribution in [-0.4, -0.2) is 18.3 Å². The first-order chi connectivity index (χ1) is 12.6. The predicted octanol–water partition coefficient (Wildman–Crippen LogP) is 7.29. The molecule has 26 heavy (non-hydrogen) atoms. The molecule has 0 aliphatic heterocycles. The Kier molecular flexibility index (Phi) is 11.7. The number of ether oxygens (including phenoxy) is 1. The molecule has 0 aliphatic rings. The van der Waals surface area contributed by atoms with Crippen LogP contribution in [0.2, 0.25) is 0 Å². The first kappa shape index (κ1) is 23.0. The summed E-state index contributed by atoms with van der Waals surface area (Å²) in [6.07, 6.45) is 15.7. The number of aromatic hydroxyl groups is 1. The average Bonchev–Trinajstić information content (AvgIpc) is 2.64. The fourth-order valence-corrected chi connectivity index (χ4v) is 4.44. The Morgan fingerprint density at radius 1 is 0.846 bits per heavy atom. The van der Waals surface area contributed by atoms with Crippen LogP contribution < -0.4 is 0 Å². The molecule has 1 aromatic carbocycles. The summed E-state index contributed by atoms with van der Waals surface area (Å²) >= 11 is 0. The highest BCUT2D eigenvalue weighted by molar-refractivity contribution is 5.25. The normalized spacial score (nSPS) is 13.1. The van der Waals surface area contributed by atoms with E-state index in [1.54, 1.807) is 12.1 Å². The summed E-state index contributed by atoms with van der Waals surface area (Å²) in [4.78, 5) is 0. The van der Waals surface area contributed by atoms with Crippen molar-refractivity contribution in [2.45, 2.75) is 104 Å². The van der Waals surface area contributed by atoms with Crippen LogP contribution >= 0.6 is 0 Å². The third-order valence-electron chi connectivity index (χ3n) is 5.88. The van der Waals surface area contributed by atoms with Crippen molar-refractivity contribution >= 4 is 0 Å². The van der Waals surface area contributed by atoms with Gasteiger partial charge in [-0.3, -0.25) is 0 Å². The van der Waals surface area contributed by atoms with Gasteiger partial charge in [0.05, 0.1) is 6.10 Å². The van der Waals surface area contributed by atoms with Crippen LogP contribution in [0.15, 0.2) is 24.3 Å². The summed E-state index contributed by atoms with van der Waals surface area (Å²) in [5.74, 6) is 0.340. The lowest BCUT2D eigenvalue weighted by molar-refractivity contribution is 0.0788. The van der Waals surface area contributed by atoms with Crippen molar-refractivity contribution in [2.75, 3.05) is 7.11 Å². The van der Waals surface area contributed by atoms with Gasteiger partial charge in [-0.2, -0.15) is 0 Å². The van der Waals surface area contributed by atoms with Gasteiger partial charge in [-0.1, -0.05) is 65.0 Å². The van der Waals surface area contributed by atoms with Crippen LogP contribution in [0.3, 0.4) is 0 Å². The van der Waals surface area contributed by atoms with Crippen LogP contribution in [0.25, 0.3) is 0 Å². The first-order valence-corrected chi connectivity index (χ1v) is 10.9. The zero-order valence-corrected chi connectivity index (χ0v) is 17.7. The molecule has 1 aromatic rings. The second kappa shape index (κ2) is 13.2. The lowest BCUT2D eigenvalue weighted by Gasteiger charge is -2.34. The molecule has 2 heteroatoms. The average molecular weight is 363 g/mol. The molecular formula is C24H42O2. The van der Waals surface area contributed by atoms with Gasteiger partial charge in [0.1, 0.15) is 5.75 Å². The Labute approximate surface area is 162 Å². The summed E-state index contributed by atoms with van der Waals surface area (Å²) in [7, 11) is 1.85. The number of hydrogen-bond donors (Lipinski definition) is 1. The van der Waals surface area contributed by atoms with E-state index in [1.807, 2.05) is 19.2 Å². The van der Waals surface area contributed by atoms with Gasteiger partial charge in [0.25, 0.3) is 0 Å². The molecule has 1 atom stereocenters. The van der Waals surface area contributed by atoms with Gasteiger partial charge in [-0.15, -0.1) is 0 Å². The Morgan fingerprint density at radius 2 is 1.46 bits per heavy atom. The van der Waals surface area contributed by atoms with Crippen LogP contribution in [0, 0.1) is 5.41 Å². The third-order valence-corrected chi connectivity index (χ3v) is 5.88. The van der Waals surface area contributed by atoms with Crippen LogP contribution in [0.5, 0.6) is 5.75 Å². The zero-order valence-electron chi connectivity index (χ0n) is 17.7. The van der Waals surface area contributed by atoms with E-state index in [0.29, 0.717) is 17.3 Å². The fraction of sp³-hybridized carbons (Fsp3) is 0.750. The van der Waals surface area contributed by atoms with E-state index in [9.17, 15) is 5.11 Å². The molecule has 0 heterocycles. The van der Waals surface area contributed by atoms with E-state index < -0.39 is 0 Å². The molecule has 0 fully saturated rings. The highest BCUT2D eigenvalue weighted by Crippen LogP contribution is 2.40. The van der Waals surface area contributed by atoms with Gasteiger partial charge in [-0.25, -0.2) is 0 Å². The van der Waals surface area contributed by atoms with Crippen molar-refractivity contribution in [3.05, 3.63) is 29.8 Å². The van der Waals surface area contributed by atoms with Crippen molar-refractivity contribution in [1.82, 2.24) is 0 Å². The predicted molar refractivity (Wildman–Crippen MR) is 113 cm³/mol. The molecule has 0 aliphatic carbocycles. The maximum atomic E-state index is 9.40. The van der Waals surface area contributed by atoms with E-state index in [1.165, 1.54) is 63.4 Å². The second-order valence-electron chi connectivity index (χ2n) is 8.06. The summed E-state index contributed by atoms with van der Waals surface area (Å²) < 4.78 is 5.76. The molecule has 0 bridgehead atoms. The topological polar surface area (TPSA) is 29.5 Å². The van der Waals surface area contributed by atoms with Gasteiger partial charge in [0.2, 0.25) is 0 Å². The van der Waals surface area contributed by atoms with E-state index in [-0.39, 0.29) is 0 Å². The van der Waals surface area contributed by atoms with E-state index in [4.69, 9.17) is 4.74 Å². The Bertz CT molecular complexity index is 446. The van der Waals surface area contributed by atoms with Gasteiger partial charge in [-0.05, 0) is 68.1 Å². The van der Waals surface area contributed by atoms with Gasteiger partial charge in [0.15, 0.2) is 0 Å². The molecular weight excluding hydrogens is 320 g/mol. The maximum Gasteiger partial charge on any atom is 0.115 e. The molecule has 1 N–H and O–H groups in total. The molecule has 0 radical (unpaired) electrons. The van der Waals surface area contributed by atoms with Crippen molar-refractivity contribution in [3.8, 4) is 5.75 Å². The van der Waals surface area contributed by atoms with E-state index >= 15 is 0 Å². The van der Waals surface area contributed by atoms with Crippen molar-refractivity contribution < 1.29 is 9.84 Å². The highest BCUT2D eigenvalue weighted by atomic mass is 16.5. The SMILES string of the molecule is CCCCC(CCC)(CCC)CCCC(CCc1ccc(O)cc1)OC. The van der Waals surface area contributed by atoms with Gasteiger partial charge in [0, 0.05) is 7.11 Å². The molecule has 0 aromatic heterocycles.